The largest absolute Gasteiger partial charge is 0.508 e. The molecule has 136 heavy (non-hydrogen) atoms. The molecule has 3 fully saturated rings. The molecule has 0 saturated carbocycles. The first kappa shape index (κ1) is 105. The Morgan fingerprint density at radius 1 is 0.544 bits per heavy atom. The van der Waals surface area contributed by atoms with Gasteiger partial charge in [0, 0.05) is 126 Å². The molecule has 3 aromatic carbocycles. The zero-order valence-corrected chi connectivity index (χ0v) is 76.4. The Bertz CT molecular complexity index is 5310. The number of carbonyl (C=O) groups excluding carboxylic acids is 18. The van der Waals surface area contributed by atoms with Crippen molar-refractivity contribution >= 4 is 140 Å². The van der Waals surface area contributed by atoms with Crippen LogP contribution >= 0.6 is 0 Å². The maximum Gasteiger partial charge on any atom is 0.323 e. The third-order valence-corrected chi connectivity index (χ3v) is 24.3. The van der Waals surface area contributed by atoms with E-state index in [1.807, 2.05) is 0 Å². The van der Waals surface area contributed by atoms with Crippen LogP contribution in [-0.4, -0.2) is 336 Å². The quantitative estimate of drug-likeness (QED) is 0.0245. The van der Waals surface area contributed by atoms with Crippen molar-refractivity contribution in [3.05, 3.63) is 114 Å². The number of aromatic nitrogens is 2. The van der Waals surface area contributed by atoms with Crippen LogP contribution < -0.4 is 75.7 Å². The SMILES string of the molecule is CCCC[C@H]1C(=O)N(C)[C@@H](CCCC)C(=O)N[C@@H](CO)C(=O)N[C@H](C(=O)NCC(N)=O)CNCC(=O)N[C@@H](Cc2ccc(O)cc2)C(=O)N(C)[C@@H](C)C(=O)N[C@@H](CC(N)=O)C(=O)N2CCC[C@H]2C(=O)N[C@@H](CC2=CN=CC2)C(=O)N[C@@H](CCC(N)=O)C(=O)N2C[C@H](O)C[C@H]2C(=O)N[C@@H](Cc2c[nH]c3ccccc23)C(=O)N[C@@H](CO)C(=O)N[C@@H](Cc2cn(CC(=O)O)c3ccccc23)C(=O)N1C. The number of nitrogens with one attached hydrogen (secondary N) is 12. The molecule has 4 aliphatic rings. The molecule has 0 radical (unpaired) electrons. The molecule has 6 heterocycles. The average Bonchev–Trinajstić information content (AvgIpc) is 1.65. The first-order valence-electron chi connectivity index (χ1n) is 44.9. The van der Waals surface area contributed by atoms with Gasteiger partial charge in [0.25, 0.3) is 0 Å². The number of hydrogen-bond donors (Lipinski definition) is 20. The zero-order chi connectivity index (χ0) is 99.5. The number of carboxylic acids is 1. The lowest BCUT2D eigenvalue weighted by Crippen LogP contribution is -2.62. The molecule has 0 aliphatic carbocycles. The zero-order valence-electron chi connectivity index (χ0n) is 76.4. The highest BCUT2D eigenvalue weighted by atomic mass is 16.4. The number of aliphatic carboxylic acids is 1. The molecule has 9 rings (SSSR count). The number of aliphatic imine (C=N–C) groups is 1. The number of benzene rings is 3. The van der Waals surface area contributed by atoms with Gasteiger partial charge in [-0.2, -0.15) is 0 Å². The molecule has 46 nitrogen and oxygen atoms in total. The first-order valence-corrected chi connectivity index (χ1v) is 44.9. The van der Waals surface area contributed by atoms with Crippen LogP contribution in [0.25, 0.3) is 21.8 Å². The lowest BCUT2D eigenvalue weighted by atomic mass is 10.00. The van der Waals surface area contributed by atoms with Gasteiger partial charge in [0.15, 0.2) is 0 Å². The average molecular weight is 1900 g/mol. The van der Waals surface area contributed by atoms with Crippen molar-refractivity contribution < 1.29 is 117 Å². The number of phenols is 1. The lowest BCUT2D eigenvalue weighted by molar-refractivity contribution is -0.149. The number of primary amides is 3. The fraction of sp³-hybridized carbons (Fsp3) is 0.511. The summed E-state index contributed by atoms with van der Waals surface area (Å²) >= 11 is 0. The van der Waals surface area contributed by atoms with Crippen LogP contribution in [0, 0.1) is 0 Å². The number of rotatable bonds is 26. The second kappa shape index (κ2) is 49.6. The van der Waals surface area contributed by atoms with Gasteiger partial charge in [-0.1, -0.05) is 88.1 Å². The number of aromatic hydroxyl groups is 1. The molecule has 4 aliphatic heterocycles. The van der Waals surface area contributed by atoms with Crippen molar-refractivity contribution in [2.45, 2.75) is 227 Å². The predicted octanol–water partition coefficient (Wildman–Crippen LogP) is -5.78. The highest BCUT2D eigenvalue weighted by Gasteiger charge is 2.47. The third kappa shape index (κ3) is 28.4. The molecule has 2 aromatic heterocycles. The van der Waals surface area contributed by atoms with E-state index in [2.05, 4.69) is 68.5 Å². The van der Waals surface area contributed by atoms with E-state index >= 15 is 33.6 Å². The third-order valence-electron chi connectivity index (χ3n) is 24.3. The Morgan fingerprint density at radius 3 is 1.74 bits per heavy atom. The molecule has 23 N–H and O–H groups in total. The summed E-state index contributed by atoms with van der Waals surface area (Å²) in [6, 6.07) is -5.01. The van der Waals surface area contributed by atoms with Crippen LogP contribution in [0.4, 0.5) is 0 Å². The normalized spacial score (nSPS) is 25.1. The summed E-state index contributed by atoms with van der Waals surface area (Å²) in [4.78, 5) is 286. The van der Waals surface area contributed by atoms with Gasteiger partial charge in [-0.15, -0.1) is 0 Å². The minimum Gasteiger partial charge on any atom is -0.508 e. The number of nitrogens with zero attached hydrogens (tertiary/aromatic N) is 7. The smallest absolute Gasteiger partial charge is 0.323 e. The van der Waals surface area contributed by atoms with E-state index < -0.39 is 287 Å². The number of unbranched alkanes of at least 4 members (excludes halogenated alkanes) is 2. The molecular formula is C90H122N22O24. The highest BCUT2D eigenvalue weighted by molar-refractivity contribution is 6.03. The van der Waals surface area contributed by atoms with Crippen molar-refractivity contribution in [2.75, 3.05) is 67.1 Å². The molecular weight excluding hydrogens is 1770 g/mol. The number of phenolic OH excluding ortho intramolecular Hbond substituents is 1. The number of amides is 18. The fourth-order valence-corrected chi connectivity index (χ4v) is 16.8. The van der Waals surface area contributed by atoms with E-state index in [0.717, 1.165) is 24.5 Å². The summed E-state index contributed by atoms with van der Waals surface area (Å²) in [6.45, 7) is -1.12. The number of likely N-dealkylation sites (N-methyl/N-ethyl adjacent to an activating group) is 3. The van der Waals surface area contributed by atoms with Crippen LogP contribution in [0.1, 0.15) is 127 Å². The Morgan fingerprint density at radius 2 is 1.10 bits per heavy atom. The molecule has 3 saturated heterocycles. The number of nitrogens with two attached hydrogens (primary N) is 3. The Balaban J connectivity index is 1.11. The van der Waals surface area contributed by atoms with Crippen molar-refractivity contribution in [2.24, 2.45) is 22.2 Å². The number of para-hydroxylation sites is 2. The molecule has 0 bridgehead atoms. The molecule has 5 aromatic rings. The van der Waals surface area contributed by atoms with Crippen molar-refractivity contribution in [3.63, 3.8) is 0 Å². The van der Waals surface area contributed by atoms with Crippen molar-refractivity contribution in [3.8, 4) is 5.75 Å². The van der Waals surface area contributed by atoms with E-state index in [9.17, 15) is 83.1 Å². The van der Waals surface area contributed by atoms with Crippen LogP contribution in [0.15, 0.2) is 102 Å². The molecule has 15 atom stereocenters. The monoisotopic (exact) mass is 1890 g/mol. The van der Waals surface area contributed by atoms with Gasteiger partial charge in [0.05, 0.1) is 38.8 Å². The predicted molar refractivity (Wildman–Crippen MR) is 487 cm³/mol. The van der Waals surface area contributed by atoms with Crippen molar-refractivity contribution in [1.29, 1.82) is 0 Å². The summed E-state index contributed by atoms with van der Waals surface area (Å²) in [5.74, 6) is -20.3. The number of carbonyl (C=O) groups is 19. The number of carboxylic acid groups (broad SMARTS) is 1. The van der Waals surface area contributed by atoms with Crippen LogP contribution in [0.5, 0.6) is 5.75 Å². The maximum absolute atomic E-state index is 15.8. The summed E-state index contributed by atoms with van der Waals surface area (Å²) < 4.78 is 1.38. The number of aromatic amines is 1. The summed E-state index contributed by atoms with van der Waals surface area (Å²) in [7, 11) is 3.67. The van der Waals surface area contributed by atoms with Crippen LogP contribution in [-0.2, 0) is 117 Å². The Labute approximate surface area is 781 Å². The Kier molecular flexibility index (Phi) is 38.5. The van der Waals surface area contributed by atoms with Gasteiger partial charge in [-0.25, -0.2) is 0 Å². The van der Waals surface area contributed by atoms with E-state index in [1.165, 1.54) is 81.7 Å². The minimum absolute atomic E-state index is 0.0688. The van der Waals surface area contributed by atoms with Gasteiger partial charge in [0.1, 0.15) is 96.9 Å². The fourth-order valence-electron chi connectivity index (χ4n) is 16.8. The maximum atomic E-state index is 15.8. The van der Waals surface area contributed by atoms with Crippen LogP contribution in [0.3, 0.4) is 0 Å². The van der Waals surface area contributed by atoms with Gasteiger partial charge in [-0.05, 0) is 92.0 Å². The minimum atomic E-state index is -2.01. The molecule has 0 unspecified atom stereocenters. The van der Waals surface area contributed by atoms with Crippen molar-refractivity contribution in [1.82, 2.24) is 92.5 Å². The van der Waals surface area contributed by atoms with Gasteiger partial charge >= 0.3 is 5.97 Å². The van der Waals surface area contributed by atoms with Gasteiger partial charge in [-0.3, -0.25) is 96.1 Å². The summed E-state index contributed by atoms with van der Waals surface area (Å²) in [6.07, 6.45) is 1.82. The number of aliphatic hydroxyl groups excluding tert-OH is 3. The first-order chi connectivity index (χ1) is 64.7. The van der Waals surface area contributed by atoms with E-state index in [0.29, 0.717) is 51.3 Å². The van der Waals surface area contributed by atoms with Gasteiger partial charge < -0.3 is 135 Å². The highest BCUT2D eigenvalue weighted by Crippen LogP contribution is 2.29. The number of H-pyrrole nitrogens is 1. The number of aliphatic hydroxyl groups is 3. The number of fused-ring (bicyclic) bond motifs is 4. The Hall–Kier alpha value is -14.3. The molecule has 0 spiro atoms. The molecule has 46 heteroatoms. The summed E-state index contributed by atoms with van der Waals surface area (Å²) in [5, 5.41) is 82.6. The van der Waals surface area contributed by atoms with E-state index in [1.54, 1.807) is 62.4 Å². The second-order valence-corrected chi connectivity index (χ2v) is 34.2. The summed E-state index contributed by atoms with van der Waals surface area (Å²) in [5.41, 5.74) is 19.2. The standard InChI is InChI=1S/C90H122N22O24/c1-7-9-19-68-83(129)106-66(47-114)82(128)104-64(78(124)97-41-74(93)119)40-95-42-75(120)98-61(32-49-23-25-53(115)26-24-49)86(132)107(4)48(3)77(123)102-63(37-73(92)118)89(135)111-31-15-22-69(111)84(130)100-59(33-50-29-30-94-38-50)79(125)99-58(27-28-72(91)117)88(134)112-44-54(116)36-71(112)85(131)101-60(34-51-39-96-57-18-13-11-16-55(51)57)80(126)105-65(46-113)81(127)103-62(87(133)109(6)70(20-10-8-2)90(136)108(68)5)35-52-43-110(45-76(121)122)67-21-14-12-17-56(52)67/h11-14,16-18,21,23-26,30,38-39,43,48,54,58-66,68-71,95-96,113-116H,7-10,15,19-20,22,27-29,31-37,40-42,44-47H2,1-6H3,(H2,91,117)(H2,92,118)(H2,93,119)(H,97,124)(H,98,120)(H,99,125)(H,100,130)(H,101,131)(H,102,123)(H,103,127)(H,104,128)(H,105,126)(H,106,129)(H,121,122)/t48-,54+,58-,59-,60-,61-,62-,63-,64-,65-,66-,68-,69-,70-,71-/m0/s1. The van der Waals surface area contributed by atoms with Gasteiger partial charge in [0.2, 0.25) is 106 Å². The topological polar surface area (TPSA) is 685 Å². The second-order valence-electron chi connectivity index (χ2n) is 34.2. The van der Waals surface area contributed by atoms with Crippen LogP contribution in [0.2, 0.25) is 0 Å². The molecule has 736 valence electrons. The van der Waals surface area contributed by atoms with E-state index in [-0.39, 0.29) is 75.6 Å². The molecule has 18 amide bonds. The lowest BCUT2D eigenvalue weighted by Gasteiger charge is -2.36. The van der Waals surface area contributed by atoms with E-state index in [4.69, 9.17) is 17.2 Å². The number of hydrogen-bond acceptors (Lipinski definition) is 25.